The highest BCUT2D eigenvalue weighted by atomic mass is 19.1. The minimum absolute atomic E-state index is 0.205. The molecule has 8 heterocycles. The number of aromatic nitrogens is 8. The first-order chi connectivity index (χ1) is 29.6. The van der Waals surface area contributed by atoms with Gasteiger partial charge in [-0.15, -0.1) is 0 Å². The zero-order valence-electron chi connectivity index (χ0n) is 34.2. The van der Waals surface area contributed by atoms with Gasteiger partial charge in [0.25, 0.3) is 0 Å². The van der Waals surface area contributed by atoms with E-state index in [1.54, 1.807) is 54.8 Å². The first-order valence-electron chi connectivity index (χ1n) is 19.8. The molecule has 2 aliphatic rings. The molecule has 310 valence electrons. The molecule has 0 radical (unpaired) electrons. The van der Waals surface area contributed by atoms with Crippen LogP contribution in [0.1, 0.15) is 33.6 Å². The quantitative estimate of drug-likeness (QED) is 0.134. The van der Waals surface area contributed by atoms with Gasteiger partial charge in [0.2, 0.25) is 11.4 Å². The predicted octanol–water partition coefficient (Wildman–Crippen LogP) is 7.35. The Morgan fingerprint density at radius 3 is 1.74 bits per heavy atom. The molecule has 2 aromatic carbocycles. The number of H-pyrrole nitrogens is 1. The van der Waals surface area contributed by atoms with Crippen LogP contribution in [0.3, 0.4) is 0 Å². The van der Waals surface area contributed by atoms with Gasteiger partial charge in [0.1, 0.15) is 34.8 Å². The number of halogens is 2. The second-order valence-electron chi connectivity index (χ2n) is 14.9. The molecule has 0 saturated heterocycles. The average molecular weight is 825 g/mol. The van der Waals surface area contributed by atoms with Crippen molar-refractivity contribution in [1.82, 2.24) is 39.5 Å². The number of nitrogens with one attached hydrogen (secondary N) is 3. The number of hydrogen-bond donors (Lipinski definition) is 3. The minimum Gasteiger partial charge on any atom is -0.493 e. The molecule has 0 atom stereocenters. The van der Waals surface area contributed by atoms with Crippen molar-refractivity contribution in [3.05, 3.63) is 129 Å². The third-order valence-electron chi connectivity index (χ3n) is 11.1. The van der Waals surface area contributed by atoms with E-state index in [-0.39, 0.29) is 23.7 Å². The highest BCUT2D eigenvalue weighted by molar-refractivity contribution is 6.02. The summed E-state index contributed by atoms with van der Waals surface area (Å²) in [5, 5.41) is 18.6. The highest BCUT2D eigenvalue weighted by Crippen LogP contribution is 2.36. The summed E-state index contributed by atoms with van der Waals surface area (Å²) < 4.78 is 49.1. The SMILES string of the molecule is COc1cc2c(-c3cc(C)nn3C)cnc(NCc3c(F)ccc4c3CCO4)c2cn1.Cc1cc(-c2cnc(NCc3c(F)ccc4c3CCO4)c3c[nH]c(=O)cc23)n(C)n1. The number of nitrogens with zero attached hydrogens (tertiary/aromatic N) is 7. The van der Waals surface area contributed by atoms with Gasteiger partial charge in [-0.05, 0) is 50.2 Å². The lowest BCUT2D eigenvalue weighted by molar-refractivity contribution is 0.356. The number of methoxy groups -OCH3 is 1. The number of rotatable bonds is 9. The smallest absolute Gasteiger partial charge is 0.248 e. The van der Waals surface area contributed by atoms with Crippen LogP contribution < -0.4 is 30.4 Å². The third-order valence-corrected chi connectivity index (χ3v) is 11.1. The van der Waals surface area contributed by atoms with Gasteiger partial charge >= 0.3 is 0 Å². The maximum absolute atomic E-state index is 14.5. The van der Waals surface area contributed by atoms with Gasteiger partial charge in [0.15, 0.2) is 0 Å². The first-order valence-corrected chi connectivity index (χ1v) is 19.8. The Morgan fingerprint density at radius 2 is 1.23 bits per heavy atom. The lowest BCUT2D eigenvalue weighted by Crippen LogP contribution is -2.09. The fourth-order valence-corrected chi connectivity index (χ4v) is 8.16. The predicted molar refractivity (Wildman–Crippen MR) is 228 cm³/mol. The summed E-state index contributed by atoms with van der Waals surface area (Å²) in [7, 11) is 5.34. The van der Waals surface area contributed by atoms with E-state index < -0.39 is 0 Å². The van der Waals surface area contributed by atoms with Gasteiger partial charge in [0.05, 0.1) is 43.1 Å². The van der Waals surface area contributed by atoms with Crippen molar-refractivity contribution < 1.29 is 23.0 Å². The second-order valence-corrected chi connectivity index (χ2v) is 14.9. The number of aromatic amines is 1. The molecule has 3 N–H and O–H groups in total. The fraction of sp³-hybridized carbons (Fsp3) is 0.244. The van der Waals surface area contributed by atoms with Gasteiger partial charge in [-0.2, -0.15) is 10.2 Å². The van der Waals surface area contributed by atoms with Crippen molar-refractivity contribution >= 4 is 33.2 Å². The van der Waals surface area contributed by atoms with Crippen molar-refractivity contribution in [2.24, 2.45) is 14.1 Å². The van der Waals surface area contributed by atoms with E-state index in [0.29, 0.717) is 61.2 Å². The molecule has 0 saturated carbocycles. The van der Waals surface area contributed by atoms with Crippen LogP contribution in [0.5, 0.6) is 17.4 Å². The maximum Gasteiger partial charge on any atom is 0.248 e. The Labute approximate surface area is 348 Å². The van der Waals surface area contributed by atoms with Gasteiger partial charge < -0.3 is 29.8 Å². The fourth-order valence-electron chi connectivity index (χ4n) is 8.16. The summed E-state index contributed by atoms with van der Waals surface area (Å²) in [4.78, 5) is 28.3. The van der Waals surface area contributed by atoms with E-state index in [2.05, 4.69) is 40.8 Å². The van der Waals surface area contributed by atoms with Crippen LogP contribution in [0.4, 0.5) is 20.4 Å². The second kappa shape index (κ2) is 16.0. The Hall–Kier alpha value is -7.36. The van der Waals surface area contributed by atoms with Crippen LogP contribution in [0.2, 0.25) is 0 Å². The van der Waals surface area contributed by atoms with E-state index in [1.165, 1.54) is 12.1 Å². The summed E-state index contributed by atoms with van der Waals surface area (Å²) in [6.07, 6.45) is 8.27. The lowest BCUT2D eigenvalue weighted by Gasteiger charge is -2.14. The molecule has 0 spiro atoms. The Bertz CT molecular complexity index is 3050. The van der Waals surface area contributed by atoms with Crippen molar-refractivity contribution in [2.75, 3.05) is 31.0 Å². The summed E-state index contributed by atoms with van der Waals surface area (Å²) in [5.41, 5.74) is 8.13. The maximum atomic E-state index is 14.5. The molecule has 0 unspecified atom stereocenters. The average Bonchev–Trinajstić information content (AvgIpc) is 4.07. The highest BCUT2D eigenvalue weighted by Gasteiger charge is 2.22. The monoisotopic (exact) mass is 824 g/mol. The molecule has 6 aromatic heterocycles. The van der Waals surface area contributed by atoms with Gasteiger partial charge in [-0.25, -0.2) is 23.7 Å². The number of anilines is 2. The molecule has 61 heavy (non-hydrogen) atoms. The molecule has 16 heteroatoms. The van der Waals surface area contributed by atoms with Crippen molar-refractivity contribution in [3.63, 3.8) is 0 Å². The topological polar surface area (TPSA) is 159 Å². The van der Waals surface area contributed by atoms with Crippen LogP contribution in [-0.4, -0.2) is 59.8 Å². The van der Waals surface area contributed by atoms with E-state index in [1.807, 2.05) is 50.8 Å². The van der Waals surface area contributed by atoms with Crippen molar-refractivity contribution in [2.45, 2.75) is 39.8 Å². The molecule has 0 aliphatic carbocycles. The van der Waals surface area contributed by atoms with Crippen molar-refractivity contribution in [1.29, 1.82) is 0 Å². The summed E-state index contributed by atoms with van der Waals surface area (Å²) >= 11 is 0. The number of hydrogen-bond acceptors (Lipinski definition) is 11. The van der Waals surface area contributed by atoms with Gasteiger partial charge in [-0.3, -0.25) is 14.2 Å². The third kappa shape index (κ3) is 7.45. The van der Waals surface area contributed by atoms with E-state index in [4.69, 9.17) is 14.2 Å². The number of pyridine rings is 4. The van der Waals surface area contributed by atoms with Crippen LogP contribution in [-0.2, 0) is 40.0 Å². The number of aryl methyl sites for hydroxylation is 4. The summed E-state index contributed by atoms with van der Waals surface area (Å²) in [5.74, 6) is 2.67. The molecular weight excluding hydrogens is 783 g/mol. The van der Waals surface area contributed by atoms with E-state index in [9.17, 15) is 13.6 Å². The van der Waals surface area contributed by atoms with Gasteiger partial charge in [-0.1, -0.05) is 0 Å². The van der Waals surface area contributed by atoms with Crippen LogP contribution in [0, 0.1) is 25.5 Å². The Balaban J connectivity index is 0.000000156. The molecule has 0 amide bonds. The normalized spacial score (nSPS) is 12.7. The molecule has 0 fully saturated rings. The molecular formula is C45H42F2N10O4. The summed E-state index contributed by atoms with van der Waals surface area (Å²) in [6.45, 7) is 5.58. The number of fused-ring (bicyclic) bond motifs is 4. The number of ether oxygens (including phenoxy) is 3. The number of benzene rings is 2. The Kier molecular flexibility index (Phi) is 10.3. The zero-order chi connectivity index (χ0) is 42.4. The van der Waals surface area contributed by atoms with Gasteiger partial charge in [0, 0.05) is 132 Å². The first kappa shape index (κ1) is 39.1. The van der Waals surface area contributed by atoms with Crippen LogP contribution >= 0.6 is 0 Å². The molecule has 8 aromatic rings. The van der Waals surface area contributed by atoms with Crippen LogP contribution in [0.15, 0.2) is 78.1 Å². The zero-order valence-corrected chi connectivity index (χ0v) is 34.2. The standard InChI is InChI=1S/C23H22FN5O2.C22H20FN5O2/c1-13-8-20(29(2)28-13)17-11-27-23(18-12-25-22(30-3)9-15(17)18)26-10-16-14-6-7-31-21(14)5-4-19(16)24;1-12-7-19(28(2)27-12)16-10-26-22(17-11-24-21(29)8-14(16)17)25-9-15-13-5-6-30-20(13)4-3-18(15)23/h4-5,8-9,11-12H,6-7,10H2,1-3H3,(H,26,27);3-4,7-8,10-11H,5-6,9H2,1-2H3,(H,24,29)(H,25,26). The van der Waals surface area contributed by atoms with Crippen LogP contribution in [0.25, 0.3) is 44.1 Å². The molecule has 14 nitrogen and oxygen atoms in total. The lowest BCUT2D eigenvalue weighted by atomic mass is 10.0. The summed E-state index contributed by atoms with van der Waals surface area (Å²) in [6, 6.07) is 13.6. The van der Waals surface area contributed by atoms with E-state index >= 15 is 0 Å². The minimum atomic E-state index is -0.272. The van der Waals surface area contributed by atoms with Crippen molar-refractivity contribution in [3.8, 4) is 39.9 Å². The van der Waals surface area contributed by atoms with E-state index in [0.717, 1.165) is 78.1 Å². The molecule has 0 bridgehead atoms. The molecule has 10 rings (SSSR count). The molecule has 2 aliphatic heterocycles. The largest absolute Gasteiger partial charge is 0.493 e. The Morgan fingerprint density at radius 1 is 0.705 bits per heavy atom.